The Bertz CT molecular complexity index is 441. The molecular weight excluding hydrogens is 240 g/mol. The number of hydrogen-bond acceptors (Lipinski definition) is 5. The summed E-state index contributed by atoms with van der Waals surface area (Å²) in [6.07, 6.45) is 0.220. The van der Waals surface area contributed by atoms with E-state index in [2.05, 4.69) is 9.97 Å². The minimum Gasteiger partial charge on any atom is -0.396 e. The molecule has 0 amide bonds. The van der Waals surface area contributed by atoms with Gasteiger partial charge in [0.2, 0.25) is 0 Å². The van der Waals surface area contributed by atoms with Gasteiger partial charge in [0.15, 0.2) is 0 Å². The second-order valence-electron chi connectivity index (χ2n) is 3.92. The Morgan fingerprint density at radius 2 is 2.47 bits per heavy atom. The molecule has 0 spiro atoms. The molecule has 0 saturated carbocycles. The molecular formula is C11H16N2O3S. The molecule has 2 N–H and O–H groups in total. The Labute approximate surface area is 104 Å². The molecule has 0 bridgehead atoms. The van der Waals surface area contributed by atoms with Crippen LogP contribution in [0.25, 0.3) is 0 Å². The fourth-order valence-electron chi connectivity index (χ4n) is 1.84. The minimum atomic E-state index is -0.166. The fourth-order valence-corrected chi connectivity index (χ4v) is 2.69. The average Bonchev–Trinajstić information content (AvgIpc) is 2.35. The molecule has 1 aromatic rings. The summed E-state index contributed by atoms with van der Waals surface area (Å²) >= 11 is 1.80. The van der Waals surface area contributed by atoms with E-state index in [0.29, 0.717) is 30.1 Å². The van der Waals surface area contributed by atoms with Gasteiger partial charge in [0.05, 0.1) is 6.61 Å². The van der Waals surface area contributed by atoms with E-state index >= 15 is 0 Å². The number of aryl methyl sites for hydroxylation is 1. The Morgan fingerprint density at radius 3 is 3.06 bits per heavy atom. The summed E-state index contributed by atoms with van der Waals surface area (Å²) in [4.78, 5) is 19.0. The molecule has 0 radical (unpaired) electrons. The number of nitrogens with one attached hydrogen (secondary N) is 1. The molecule has 6 heteroatoms. The summed E-state index contributed by atoms with van der Waals surface area (Å²) in [5.74, 6) is 2.41. The first kappa shape index (κ1) is 12.6. The van der Waals surface area contributed by atoms with E-state index in [0.717, 1.165) is 11.5 Å². The van der Waals surface area contributed by atoms with Crippen LogP contribution in [0.1, 0.15) is 23.2 Å². The molecule has 1 aliphatic rings. The number of thioether (sulfide) groups is 1. The van der Waals surface area contributed by atoms with Crippen molar-refractivity contribution >= 4 is 11.8 Å². The van der Waals surface area contributed by atoms with Crippen molar-refractivity contribution in [1.29, 1.82) is 0 Å². The topological polar surface area (TPSA) is 75.2 Å². The third kappa shape index (κ3) is 2.88. The summed E-state index contributed by atoms with van der Waals surface area (Å²) in [7, 11) is 0. The zero-order chi connectivity index (χ0) is 12.3. The first-order valence-corrected chi connectivity index (χ1v) is 6.77. The van der Waals surface area contributed by atoms with Crippen molar-refractivity contribution in [2.24, 2.45) is 0 Å². The second kappa shape index (κ2) is 5.66. The van der Waals surface area contributed by atoms with E-state index in [9.17, 15) is 4.79 Å². The summed E-state index contributed by atoms with van der Waals surface area (Å²) in [6, 6.07) is 0. The lowest BCUT2D eigenvalue weighted by molar-refractivity contribution is 0.0690. The van der Waals surface area contributed by atoms with Crippen molar-refractivity contribution < 1.29 is 9.84 Å². The van der Waals surface area contributed by atoms with Crippen LogP contribution < -0.4 is 5.56 Å². The third-order valence-electron chi connectivity index (χ3n) is 2.72. The van der Waals surface area contributed by atoms with Gasteiger partial charge in [-0.3, -0.25) is 4.79 Å². The molecule has 17 heavy (non-hydrogen) atoms. The second-order valence-corrected chi connectivity index (χ2v) is 5.07. The van der Waals surface area contributed by atoms with Crippen LogP contribution in [0.3, 0.4) is 0 Å². The van der Waals surface area contributed by atoms with Crippen molar-refractivity contribution in [2.45, 2.75) is 19.4 Å². The van der Waals surface area contributed by atoms with Gasteiger partial charge in [-0.05, 0) is 6.92 Å². The molecule has 0 aromatic carbocycles. The van der Waals surface area contributed by atoms with E-state index in [1.54, 1.807) is 18.7 Å². The zero-order valence-corrected chi connectivity index (χ0v) is 10.5. The predicted octanol–water partition coefficient (Wildman–Crippen LogP) is 0.418. The van der Waals surface area contributed by atoms with Crippen molar-refractivity contribution in [3.8, 4) is 0 Å². The first-order valence-electron chi connectivity index (χ1n) is 5.62. The molecule has 2 rings (SSSR count). The molecule has 1 fully saturated rings. The van der Waals surface area contributed by atoms with Gasteiger partial charge < -0.3 is 14.8 Å². The van der Waals surface area contributed by atoms with E-state index in [1.807, 2.05) is 0 Å². The highest BCUT2D eigenvalue weighted by Crippen LogP contribution is 2.23. The maximum Gasteiger partial charge on any atom is 0.254 e. The standard InChI is InChI=1S/C11H16N2O3S/c1-7-8(2-3-14)11(15)13-10(12-7)9-6-17-5-4-16-9/h9,14H,2-6H2,1H3,(H,12,13,15). The normalized spacial score (nSPS) is 20.5. The zero-order valence-electron chi connectivity index (χ0n) is 9.73. The van der Waals surface area contributed by atoms with Gasteiger partial charge in [-0.25, -0.2) is 4.98 Å². The molecule has 1 aliphatic heterocycles. The number of H-pyrrole nitrogens is 1. The molecule has 1 aromatic heterocycles. The Hall–Kier alpha value is -0.850. The number of aromatic nitrogens is 2. The highest BCUT2D eigenvalue weighted by Gasteiger charge is 2.20. The van der Waals surface area contributed by atoms with Gasteiger partial charge in [0.25, 0.3) is 5.56 Å². The van der Waals surface area contributed by atoms with Crippen LogP contribution in [-0.4, -0.2) is 39.8 Å². The van der Waals surface area contributed by atoms with Crippen LogP contribution in [-0.2, 0) is 11.2 Å². The number of hydrogen-bond donors (Lipinski definition) is 2. The molecule has 1 unspecified atom stereocenters. The summed E-state index contributed by atoms with van der Waals surface area (Å²) < 4.78 is 5.57. The summed E-state index contributed by atoms with van der Waals surface area (Å²) in [5.41, 5.74) is 1.07. The van der Waals surface area contributed by atoms with Crippen LogP contribution in [0.5, 0.6) is 0 Å². The highest BCUT2D eigenvalue weighted by molar-refractivity contribution is 7.99. The van der Waals surface area contributed by atoms with Crippen molar-refractivity contribution in [1.82, 2.24) is 9.97 Å². The Morgan fingerprint density at radius 1 is 1.65 bits per heavy atom. The van der Waals surface area contributed by atoms with Gasteiger partial charge in [-0.1, -0.05) is 0 Å². The van der Waals surface area contributed by atoms with Crippen LogP contribution in [0.4, 0.5) is 0 Å². The third-order valence-corrected chi connectivity index (χ3v) is 3.72. The fraction of sp³-hybridized carbons (Fsp3) is 0.636. The molecule has 5 nitrogen and oxygen atoms in total. The lowest BCUT2D eigenvalue weighted by Gasteiger charge is -2.21. The molecule has 1 saturated heterocycles. The predicted molar refractivity (Wildman–Crippen MR) is 66.4 cm³/mol. The summed E-state index contributed by atoms with van der Waals surface area (Å²) in [5, 5.41) is 8.88. The van der Waals surface area contributed by atoms with Gasteiger partial charge in [0, 0.05) is 35.8 Å². The van der Waals surface area contributed by atoms with E-state index < -0.39 is 0 Å². The lowest BCUT2D eigenvalue weighted by Crippen LogP contribution is -2.25. The average molecular weight is 256 g/mol. The number of ether oxygens (including phenoxy) is 1. The number of nitrogens with zero attached hydrogens (tertiary/aromatic N) is 1. The van der Waals surface area contributed by atoms with Crippen LogP contribution in [0.15, 0.2) is 4.79 Å². The Balaban J connectivity index is 2.27. The van der Waals surface area contributed by atoms with E-state index in [4.69, 9.17) is 9.84 Å². The summed E-state index contributed by atoms with van der Waals surface area (Å²) in [6.45, 7) is 2.44. The van der Waals surface area contributed by atoms with Gasteiger partial charge in [-0.2, -0.15) is 11.8 Å². The number of aromatic amines is 1. The number of aliphatic hydroxyl groups excluding tert-OH is 1. The van der Waals surface area contributed by atoms with Gasteiger partial charge in [-0.15, -0.1) is 0 Å². The largest absolute Gasteiger partial charge is 0.396 e. The maximum absolute atomic E-state index is 11.8. The molecule has 0 aliphatic carbocycles. The SMILES string of the molecule is Cc1nc(C2CSCCO2)[nH]c(=O)c1CCO. The number of rotatable bonds is 3. The highest BCUT2D eigenvalue weighted by atomic mass is 32.2. The molecule has 94 valence electrons. The minimum absolute atomic E-state index is 0.0409. The molecule has 1 atom stereocenters. The lowest BCUT2D eigenvalue weighted by atomic mass is 10.2. The number of aliphatic hydroxyl groups is 1. The van der Waals surface area contributed by atoms with Crippen molar-refractivity contribution in [2.75, 3.05) is 24.7 Å². The maximum atomic E-state index is 11.8. The van der Waals surface area contributed by atoms with Gasteiger partial charge in [0.1, 0.15) is 11.9 Å². The molecule has 2 heterocycles. The van der Waals surface area contributed by atoms with Crippen LogP contribution >= 0.6 is 11.8 Å². The van der Waals surface area contributed by atoms with E-state index in [-0.39, 0.29) is 18.3 Å². The van der Waals surface area contributed by atoms with Crippen molar-refractivity contribution in [3.63, 3.8) is 0 Å². The first-order chi connectivity index (χ1) is 8.22. The Kier molecular flexibility index (Phi) is 4.20. The quantitative estimate of drug-likeness (QED) is 0.819. The van der Waals surface area contributed by atoms with Crippen molar-refractivity contribution in [3.05, 3.63) is 27.4 Å². The van der Waals surface area contributed by atoms with Gasteiger partial charge >= 0.3 is 0 Å². The van der Waals surface area contributed by atoms with Crippen LogP contribution in [0, 0.1) is 6.92 Å². The smallest absolute Gasteiger partial charge is 0.254 e. The van der Waals surface area contributed by atoms with E-state index in [1.165, 1.54) is 0 Å². The van der Waals surface area contributed by atoms with Crippen LogP contribution in [0.2, 0.25) is 0 Å². The monoisotopic (exact) mass is 256 g/mol.